The third-order valence-electron chi connectivity index (χ3n) is 5.87. The van der Waals surface area contributed by atoms with Crippen LogP contribution in [0, 0.1) is 12.8 Å². The summed E-state index contributed by atoms with van der Waals surface area (Å²) in [6.07, 6.45) is 1.69. The second-order valence-electron chi connectivity index (χ2n) is 7.74. The van der Waals surface area contributed by atoms with Crippen LogP contribution in [-0.2, 0) is 11.3 Å². The van der Waals surface area contributed by atoms with E-state index in [1.807, 2.05) is 31.2 Å². The lowest BCUT2D eigenvalue weighted by Crippen LogP contribution is -2.57. The van der Waals surface area contributed by atoms with Crippen molar-refractivity contribution in [1.29, 1.82) is 0 Å². The van der Waals surface area contributed by atoms with E-state index in [0.29, 0.717) is 31.0 Å². The number of carbonyl (C=O) groups excluding carboxylic acids is 1. The van der Waals surface area contributed by atoms with Crippen molar-refractivity contribution in [2.24, 2.45) is 5.92 Å². The predicted molar refractivity (Wildman–Crippen MR) is 105 cm³/mol. The Balaban J connectivity index is 1.53. The normalized spacial score (nSPS) is 25.2. The number of ether oxygens (including phenoxy) is 2. The number of morpholine rings is 1. The number of fused-ring (bicyclic) bond motifs is 2. The molecule has 4 heteroatoms. The number of ketones is 1. The number of nitrogens with zero attached hydrogens (tertiary/aromatic N) is 1. The minimum Gasteiger partial charge on any atom is -0.496 e. The molecule has 2 aliphatic heterocycles. The fourth-order valence-electron chi connectivity index (χ4n) is 4.49. The van der Waals surface area contributed by atoms with Crippen LogP contribution in [0.3, 0.4) is 0 Å². The van der Waals surface area contributed by atoms with Gasteiger partial charge in [0, 0.05) is 24.5 Å². The van der Waals surface area contributed by atoms with Crippen molar-refractivity contribution in [2.75, 3.05) is 20.3 Å². The molecule has 2 unspecified atom stereocenters. The van der Waals surface area contributed by atoms with Gasteiger partial charge in [-0.1, -0.05) is 42.0 Å². The molecule has 2 heterocycles. The van der Waals surface area contributed by atoms with E-state index >= 15 is 0 Å². The van der Waals surface area contributed by atoms with Gasteiger partial charge in [0.15, 0.2) is 5.78 Å². The molecule has 2 aromatic carbocycles. The Morgan fingerprint density at radius 1 is 1.11 bits per heavy atom. The highest BCUT2D eigenvalue weighted by Crippen LogP contribution is 2.36. The first-order valence-electron chi connectivity index (χ1n) is 9.72. The first kappa shape index (κ1) is 18.2. The molecule has 0 N–H and O–H groups in total. The average molecular weight is 365 g/mol. The number of hydrogen-bond acceptors (Lipinski definition) is 4. The molecule has 4 rings (SSSR count). The van der Waals surface area contributed by atoms with Gasteiger partial charge in [-0.15, -0.1) is 0 Å². The molecule has 0 spiro atoms. The van der Waals surface area contributed by atoms with Gasteiger partial charge in [0.2, 0.25) is 0 Å². The van der Waals surface area contributed by atoms with Crippen LogP contribution < -0.4 is 4.74 Å². The van der Waals surface area contributed by atoms with Crippen LogP contribution >= 0.6 is 0 Å². The van der Waals surface area contributed by atoms with Crippen molar-refractivity contribution >= 4 is 5.78 Å². The third kappa shape index (κ3) is 3.78. The Kier molecular flexibility index (Phi) is 5.28. The molecule has 2 atom stereocenters. The summed E-state index contributed by atoms with van der Waals surface area (Å²) in [6.45, 7) is 4.35. The first-order chi connectivity index (χ1) is 13.2. The van der Waals surface area contributed by atoms with E-state index in [1.165, 1.54) is 5.56 Å². The van der Waals surface area contributed by atoms with E-state index in [-0.39, 0.29) is 11.7 Å². The molecule has 0 saturated carbocycles. The standard InChI is InChI=1S/C23H27NO3/c1-16-8-9-22(26-2)21(10-16)23(25)18-11-19-14-27-15-20(12-18)24(19)13-17-6-4-3-5-7-17/h3-10,18-20H,11-15H2,1-2H3. The SMILES string of the molecule is COc1ccc(C)cc1C(=O)C1CC2COCC(C1)N2Cc1ccccc1. The molecule has 142 valence electrons. The number of carbonyl (C=O) groups is 1. The van der Waals surface area contributed by atoms with Crippen molar-refractivity contribution in [1.82, 2.24) is 4.90 Å². The molecule has 2 aromatic rings. The largest absolute Gasteiger partial charge is 0.496 e. The van der Waals surface area contributed by atoms with Gasteiger partial charge < -0.3 is 9.47 Å². The van der Waals surface area contributed by atoms with Crippen molar-refractivity contribution in [3.05, 3.63) is 65.2 Å². The van der Waals surface area contributed by atoms with Gasteiger partial charge in [-0.25, -0.2) is 0 Å². The zero-order valence-corrected chi connectivity index (χ0v) is 16.1. The molecule has 2 fully saturated rings. The summed E-state index contributed by atoms with van der Waals surface area (Å²) in [4.78, 5) is 15.8. The number of benzene rings is 2. The number of rotatable bonds is 5. The maximum atomic E-state index is 13.3. The Hall–Kier alpha value is -2.17. The zero-order valence-electron chi connectivity index (χ0n) is 16.1. The second kappa shape index (κ2) is 7.83. The molecule has 2 aliphatic rings. The fourth-order valence-corrected chi connectivity index (χ4v) is 4.49. The highest BCUT2D eigenvalue weighted by Gasteiger charge is 2.41. The second-order valence-corrected chi connectivity index (χ2v) is 7.74. The Morgan fingerprint density at radius 2 is 1.81 bits per heavy atom. The summed E-state index contributed by atoms with van der Waals surface area (Å²) >= 11 is 0. The van der Waals surface area contributed by atoms with Crippen LogP contribution in [0.4, 0.5) is 0 Å². The lowest BCUT2D eigenvalue weighted by Gasteiger charge is -2.48. The summed E-state index contributed by atoms with van der Waals surface area (Å²) in [6, 6.07) is 17.0. The average Bonchev–Trinajstić information content (AvgIpc) is 2.68. The molecule has 27 heavy (non-hydrogen) atoms. The van der Waals surface area contributed by atoms with Crippen LogP contribution in [0.5, 0.6) is 5.75 Å². The van der Waals surface area contributed by atoms with Gasteiger partial charge in [-0.05, 0) is 37.5 Å². The van der Waals surface area contributed by atoms with Crippen LogP contribution in [-0.4, -0.2) is 43.1 Å². The molecule has 0 aromatic heterocycles. The monoisotopic (exact) mass is 365 g/mol. The maximum Gasteiger partial charge on any atom is 0.169 e. The summed E-state index contributed by atoms with van der Waals surface area (Å²) in [5.41, 5.74) is 3.13. The quantitative estimate of drug-likeness (QED) is 0.754. The minimum absolute atomic E-state index is 0.0339. The molecule has 0 aliphatic carbocycles. The highest BCUT2D eigenvalue weighted by molar-refractivity contribution is 6.00. The Bertz CT molecular complexity index is 791. The number of piperidine rings is 1. The van der Waals surface area contributed by atoms with Crippen LogP contribution in [0.2, 0.25) is 0 Å². The van der Waals surface area contributed by atoms with E-state index < -0.39 is 0 Å². The van der Waals surface area contributed by atoms with Gasteiger partial charge in [-0.3, -0.25) is 9.69 Å². The summed E-state index contributed by atoms with van der Waals surface area (Å²) in [7, 11) is 1.63. The van der Waals surface area contributed by atoms with E-state index in [2.05, 4.69) is 29.2 Å². The fraction of sp³-hybridized carbons (Fsp3) is 0.435. The predicted octanol–water partition coefficient (Wildman–Crippen LogP) is 3.87. The van der Waals surface area contributed by atoms with Gasteiger partial charge in [0.1, 0.15) is 5.75 Å². The molecular weight excluding hydrogens is 338 g/mol. The number of Topliss-reactive ketones (excluding diaryl/α,β-unsaturated/α-hetero) is 1. The Labute approximate surface area is 161 Å². The highest BCUT2D eigenvalue weighted by atomic mass is 16.5. The van der Waals surface area contributed by atoms with Crippen LogP contribution in [0.25, 0.3) is 0 Å². The topological polar surface area (TPSA) is 38.8 Å². The number of aryl methyl sites for hydroxylation is 1. The van der Waals surface area contributed by atoms with Gasteiger partial charge in [-0.2, -0.15) is 0 Å². The lowest BCUT2D eigenvalue weighted by molar-refractivity contribution is -0.0873. The molecule has 0 amide bonds. The summed E-state index contributed by atoms with van der Waals surface area (Å²) in [5, 5.41) is 0. The molecule has 2 bridgehead atoms. The van der Waals surface area contributed by atoms with Crippen molar-refractivity contribution in [3.8, 4) is 5.75 Å². The molecular formula is C23H27NO3. The summed E-state index contributed by atoms with van der Waals surface area (Å²) in [5.74, 6) is 0.928. The van der Waals surface area contributed by atoms with Crippen LogP contribution in [0.15, 0.2) is 48.5 Å². The van der Waals surface area contributed by atoms with Crippen molar-refractivity contribution in [3.63, 3.8) is 0 Å². The number of methoxy groups -OCH3 is 1. The zero-order chi connectivity index (χ0) is 18.8. The lowest BCUT2D eigenvalue weighted by atomic mass is 9.80. The van der Waals surface area contributed by atoms with Gasteiger partial charge in [0.25, 0.3) is 0 Å². The minimum atomic E-state index is 0.0339. The van der Waals surface area contributed by atoms with E-state index in [4.69, 9.17) is 9.47 Å². The van der Waals surface area contributed by atoms with E-state index in [1.54, 1.807) is 7.11 Å². The molecule has 2 saturated heterocycles. The summed E-state index contributed by atoms with van der Waals surface area (Å²) < 4.78 is 11.3. The van der Waals surface area contributed by atoms with Gasteiger partial charge >= 0.3 is 0 Å². The van der Waals surface area contributed by atoms with E-state index in [0.717, 1.165) is 30.5 Å². The van der Waals surface area contributed by atoms with Crippen molar-refractivity contribution < 1.29 is 14.3 Å². The Morgan fingerprint density at radius 3 is 2.48 bits per heavy atom. The smallest absolute Gasteiger partial charge is 0.169 e. The molecule has 4 nitrogen and oxygen atoms in total. The number of hydrogen-bond donors (Lipinski definition) is 0. The van der Waals surface area contributed by atoms with Crippen molar-refractivity contribution in [2.45, 2.75) is 38.4 Å². The maximum absolute atomic E-state index is 13.3. The molecule has 0 radical (unpaired) electrons. The van der Waals surface area contributed by atoms with E-state index in [9.17, 15) is 4.79 Å². The van der Waals surface area contributed by atoms with Gasteiger partial charge in [0.05, 0.1) is 25.9 Å². The first-order valence-corrected chi connectivity index (χ1v) is 9.72. The third-order valence-corrected chi connectivity index (χ3v) is 5.87. The van der Waals surface area contributed by atoms with Crippen LogP contribution in [0.1, 0.15) is 34.3 Å².